The molecule has 10 heteroatoms. The summed E-state index contributed by atoms with van der Waals surface area (Å²) in [5, 5.41) is 24.3. The monoisotopic (exact) mass is 441 g/mol. The molecular formula is C22H23N3O7. The number of aliphatic hydroxyl groups excluding tert-OH is 2. The second-order valence-corrected chi connectivity index (χ2v) is 7.51. The van der Waals surface area contributed by atoms with E-state index in [4.69, 9.17) is 9.47 Å². The van der Waals surface area contributed by atoms with Crippen LogP contribution in [-0.2, 0) is 16.0 Å². The van der Waals surface area contributed by atoms with Crippen LogP contribution in [0.1, 0.15) is 22.1 Å². The molecule has 3 aromatic rings. The molecule has 32 heavy (non-hydrogen) atoms. The molecule has 0 saturated carbocycles. The summed E-state index contributed by atoms with van der Waals surface area (Å²) >= 11 is 0. The quantitative estimate of drug-likeness (QED) is 0.418. The number of carbonyl (C=O) groups excluding carboxylic acids is 1. The number of fused-ring (bicyclic) bond motifs is 1. The van der Waals surface area contributed by atoms with Gasteiger partial charge in [0, 0.05) is 19.9 Å². The number of hydrogen-bond donors (Lipinski definition) is 4. The van der Waals surface area contributed by atoms with Crippen molar-refractivity contribution >= 4 is 16.7 Å². The lowest BCUT2D eigenvalue weighted by Crippen LogP contribution is -2.41. The lowest BCUT2D eigenvalue weighted by atomic mass is 10.1. The van der Waals surface area contributed by atoms with E-state index in [-0.39, 0.29) is 12.1 Å². The molecule has 1 aromatic heterocycles. The van der Waals surface area contributed by atoms with Gasteiger partial charge in [-0.2, -0.15) is 0 Å². The molecule has 1 aliphatic heterocycles. The summed E-state index contributed by atoms with van der Waals surface area (Å²) in [5.74, 6) is -0.681. The van der Waals surface area contributed by atoms with Crippen molar-refractivity contribution in [3.8, 4) is 0 Å². The maximum Gasteiger partial charge on any atom is 0.330 e. The number of nitrogens with one attached hydrogen (secondary N) is 2. The Bertz CT molecular complexity index is 1250. The Labute approximate surface area is 182 Å². The van der Waals surface area contributed by atoms with Crippen molar-refractivity contribution in [1.29, 1.82) is 0 Å². The van der Waals surface area contributed by atoms with Crippen LogP contribution in [0.25, 0.3) is 10.8 Å². The lowest BCUT2D eigenvalue weighted by Gasteiger charge is -2.20. The molecule has 4 rings (SSSR count). The Balaban J connectivity index is 1.57. The maximum absolute atomic E-state index is 12.7. The van der Waals surface area contributed by atoms with E-state index in [1.807, 2.05) is 42.5 Å². The molecule has 4 atom stereocenters. The Morgan fingerprint density at radius 3 is 2.69 bits per heavy atom. The fraction of sp³-hybridized carbons (Fsp3) is 0.318. The number of hydrogen-bond acceptors (Lipinski definition) is 7. The SMILES string of the molecule is COC1[C@@H](O)[C@@H](CO)O[C@H]1n1cc(C(=O)NCc2ccc3ccccc3c2)c(=O)[nH]c1=O. The smallest absolute Gasteiger partial charge is 0.330 e. The highest BCUT2D eigenvalue weighted by atomic mass is 16.6. The minimum absolute atomic E-state index is 0.175. The van der Waals surface area contributed by atoms with E-state index in [0.717, 1.165) is 27.1 Å². The highest BCUT2D eigenvalue weighted by molar-refractivity contribution is 5.93. The first-order valence-electron chi connectivity index (χ1n) is 10.0. The zero-order valence-electron chi connectivity index (χ0n) is 17.2. The Morgan fingerprint density at radius 2 is 1.97 bits per heavy atom. The fourth-order valence-corrected chi connectivity index (χ4v) is 3.81. The molecular weight excluding hydrogens is 418 g/mol. The van der Waals surface area contributed by atoms with Gasteiger partial charge in [0.15, 0.2) is 6.23 Å². The average Bonchev–Trinajstić information content (AvgIpc) is 3.12. The molecule has 10 nitrogen and oxygen atoms in total. The summed E-state index contributed by atoms with van der Waals surface area (Å²) in [6, 6.07) is 13.6. The number of nitrogens with zero attached hydrogens (tertiary/aromatic N) is 1. The molecule has 1 unspecified atom stereocenters. The van der Waals surface area contributed by atoms with Crippen molar-refractivity contribution in [1.82, 2.24) is 14.9 Å². The highest BCUT2D eigenvalue weighted by Gasteiger charge is 2.45. The predicted octanol–water partition coefficient (Wildman–Crippen LogP) is -0.115. The summed E-state index contributed by atoms with van der Waals surface area (Å²) in [4.78, 5) is 39.4. The van der Waals surface area contributed by atoms with Crippen LogP contribution in [0.5, 0.6) is 0 Å². The molecule has 2 aromatic carbocycles. The number of aliphatic hydroxyl groups is 2. The molecule has 1 saturated heterocycles. The Hall–Kier alpha value is -3.31. The molecule has 1 fully saturated rings. The van der Waals surface area contributed by atoms with Crippen LogP contribution in [0, 0.1) is 0 Å². The van der Waals surface area contributed by atoms with Crippen molar-refractivity contribution in [2.45, 2.75) is 31.1 Å². The van der Waals surface area contributed by atoms with Crippen LogP contribution in [0.4, 0.5) is 0 Å². The molecule has 0 spiro atoms. The first kappa shape index (κ1) is 21.9. The first-order valence-corrected chi connectivity index (χ1v) is 10.0. The molecule has 2 heterocycles. The number of carbonyl (C=O) groups is 1. The summed E-state index contributed by atoms with van der Waals surface area (Å²) in [7, 11) is 1.32. The molecule has 4 N–H and O–H groups in total. The third-order valence-electron chi connectivity index (χ3n) is 5.52. The zero-order valence-corrected chi connectivity index (χ0v) is 17.2. The Morgan fingerprint density at radius 1 is 1.22 bits per heavy atom. The van der Waals surface area contributed by atoms with Crippen molar-refractivity contribution in [3.05, 3.63) is 80.6 Å². The minimum Gasteiger partial charge on any atom is -0.394 e. The highest BCUT2D eigenvalue weighted by Crippen LogP contribution is 2.30. The predicted molar refractivity (Wildman–Crippen MR) is 114 cm³/mol. The van der Waals surface area contributed by atoms with Crippen molar-refractivity contribution in [2.24, 2.45) is 0 Å². The number of methoxy groups -OCH3 is 1. The number of rotatable bonds is 6. The van der Waals surface area contributed by atoms with Crippen LogP contribution >= 0.6 is 0 Å². The van der Waals surface area contributed by atoms with Crippen molar-refractivity contribution < 1.29 is 24.5 Å². The van der Waals surface area contributed by atoms with Gasteiger partial charge in [-0.15, -0.1) is 0 Å². The van der Waals surface area contributed by atoms with E-state index in [1.54, 1.807) is 0 Å². The molecule has 1 amide bonds. The zero-order chi connectivity index (χ0) is 22.8. The van der Waals surface area contributed by atoms with E-state index in [9.17, 15) is 24.6 Å². The minimum atomic E-state index is -1.20. The molecule has 168 valence electrons. The second kappa shape index (κ2) is 9.05. The van der Waals surface area contributed by atoms with Gasteiger partial charge in [-0.05, 0) is 22.4 Å². The summed E-state index contributed by atoms with van der Waals surface area (Å²) < 4.78 is 11.7. The molecule has 1 aliphatic rings. The Kier molecular flexibility index (Phi) is 6.19. The number of benzene rings is 2. The van der Waals surface area contributed by atoms with Gasteiger partial charge in [-0.3, -0.25) is 19.1 Å². The van der Waals surface area contributed by atoms with E-state index in [0.29, 0.717) is 0 Å². The second-order valence-electron chi connectivity index (χ2n) is 7.51. The van der Waals surface area contributed by atoms with Crippen LogP contribution in [-0.4, -0.2) is 57.7 Å². The van der Waals surface area contributed by atoms with Gasteiger partial charge in [0.2, 0.25) is 0 Å². The van der Waals surface area contributed by atoms with E-state index < -0.39 is 48.3 Å². The summed E-state index contributed by atoms with van der Waals surface area (Å²) in [5.41, 5.74) is -1.15. The van der Waals surface area contributed by atoms with Crippen LogP contribution in [0.3, 0.4) is 0 Å². The number of aromatic amines is 1. The average molecular weight is 441 g/mol. The number of ether oxygens (including phenoxy) is 2. The summed E-state index contributed by atoms with van der Waals surface area (Å²) in [6.07, 6.45) is -3.22. The van der Waals surface area contributed by atoms with Gasteiger partial charge in [0.1, 0.15) is 23.9 Å². The maximum atomic E-state index is 12.7. The molecule has 0 bridgehead atoms. The number of H-pyrrole nitrogens is 1. The normalized spacial score (nSPS) is 22.8. The van der Waals surface area contributed by atoms with Gasteiger partial charge >= 0.3 is 5.69 Å². The van der Waals surface area contributed by atoms with E-state index in [1.165, 1.54) is 7.11 Å². The van der Waals surface area contributed by atoms with Crippen LogP contribution in [0.2, 0.25) is 0 Å². The van der Waals surface area contributed by atoms with Gasteiger partial charge in [0.05, 0.1) is 6.61 Å². The van der Waals surface area contributed by atoms with E-state index >= 15 is 0 Å². The molecule has 0 radical (unpaired) electrons. The topological polar surface area (TPSA) is 143 Å². The van der Waals surface area contributed by atoms with Gasteiger partial charge in [-0.1, -0.05) is 36.4 Å². The van der Waals surface area contributed by atoms with Crippen LogP contribution in [0.15, 0.2) is 58.3 Å². The lowest BCUT2D eigenvalue weighted by molar-refractivity contribution is -0.0626. The van der Waals surface area contributed by atoms with Crippen molar-refractivity contribution in [3.63, 3.8) is 0 Å². The third-order valence-corrected chi connectivity index (χ3v) is 5.52. The van der Waals surface area contributed by atoms with E-state index in [2.05, 4.69) is 10.3 Å². The van der Waals surface area contributed by atoms with Crippen LogP contribution < -0.4 is 16.6 Å². The van der Waals surface area contributed by atoms with Crippen molar-refractivity contribution in [2.75, 3.05) is 13.7 Å². The number of amides is 1. The number of aromatic nitrogens is 2. The first-order chi connectivity index (χ1) is 15.4. The standard InChI is InChI=1S/C22H23N3O7/c1-31-18-17(27)16(11-26)32-21(18)25-10-15(20(29)24-22(25)30)19(28)23-9-12-6-7-13-4-2-3-5-14(13)8-12/h2-8,10,16-18,21,26-27H,9,11H2,1H3,(H,23,28)(H,24,29,30)/t16-,17+,18?,21-/m1/s1. The summed E-state index contributed by atoms with van der Waals surface area (Å²) in [6.45, 7) is -0.317. The largest absolute Gasteiger partial charge is 0.394 e. The third kappa shape index (κ3) is 4.08. The fourth-order valence-electron chi connectivity index (χ4n) is 3.81. The van der Waals surface area contributed by atoms with Gasteiger partial charge < -0.3 is 25.0 Å². The molecule has 0 aliphatic carbocycles. The van der Waals surface area contributed by atoms with Gasteiger partial charge in [0.25, 0.3) is 11.5 Å². The van der Waals surface area contributed by atoms with Gasteiger partial charge in [-0.25, -0.2) is 4.79 Å².